The number of likely N-dealkylation sites (N-methyl/N-ethyl adjacent to an activating group) is 1. The molecule has 2 rings (SSSR count). The third-order valence-corrected chi connectivity index (χ3v) is 4.14. The molecule has 0 aliphatic heterocycles. The first-order chi connectivity index (χ1) is 10.0. The predicted octanol–water partition coefficient (Wildman–Crippen LogP) is 2.17. The molecule has 1 aromatic rings. The molecule has 0 aromatic carbocycles. The average Bonchev–Trinajstić information content (AvgIpc) is 2.53. The fourth-order valence-electron chi connectivity index (χ4n) is 2.92. The summed E-state index contributed by atoms with van der Waals surface area (Å²) in [5.41, 5.74) is -0.831. The molecule has 0 radical (unpaired) electrons. The van der Waals surface area contributed by atoms with Crippen molar-refractivity contribution in [1.29, 1.82) is 0 Å². The zero-order valence-corrected chi connectivity index (χ0v) is 12.3. The predicted molar refractivity (Wildman–Crippen MR) is 74.1 cm³/mol. The highest BCUT2D eigenvalue weighted by Crippen LogP contribution is 2.34. The Morgan fingerprint density at radius 1 is 1.29 bits per heavy atom. The van der Waals surface area contributed by atoms with Gasteiger partial charge in [0.15, 0.2) is 0 Å². The fraction of sp³-hybridized carbons (Fsp3) is 0.533. The molecule has 6 heteroatoms. The molecule has 1 amide bonds. The lowest BCUT2D eigenvalue weighted by Gasteiger charge is -2.41. The van der Waals surface area contributed by atoms with E-state index in [1.807, 2.05) is 0 Å². The minimum absolute atomic E-state index is 0.131. The summed E-state index contributed by atoms with van der Waals surface area (Å²) in [4.78, 5) is 29.8. The molecule has 0 unspecified atom stereocenters. The maximum Gasteiger partial charge on any atom is 0.331 e. The summed E-state index contributed by atoms with van der Waals surface area (Å²) in [5, 5.41) is 0. The van der Waals surface area contributed by atoms with Gasteiger partial charge in [0.25, 0.3) is 5.91 Å². The molecule has 1 saturated carbocycles. The molecule has 0 atom stereocenters. The molecule has 1 fully saturated rings. The van der Waals surface area contributed by atoms with E-state index in [9.17, 15) is 14.0 Å². The van der Waals surface area contributed by atoms with E-state index in [2.05, 4.69) is 4.98 Å². The van der Waals surface area contributed by atoms with Crippen LogP contribution < -0.4 is 0 Å². The van der Waals surface area contributed by atoms with Crippen LogP contribution in [0.5, 0.6) is 0 Å². The van der Waals surface area contributed by atoms with Crippen LogP contribution in [0.3, 0.4) is 0 Å². The van der Waals surface area contributed by atoms with Crippen molar-refractivity contribution in [2.45, 2.75) is 37.6 Å². The largest absolute Gasteiger partial charge is 0.467 e. The normalized spacial score (nSPS) is 17.1. The molecule has 1 aliphatic carbocycles. The first kappa shape index (κ1) is 15.4. The number of halogens is 1. The molecule has 0 saturated heterocycles. The lowest BCUT2D eigenvalue weighted by atomic mass is 9.80. The van der Waals surface area contributed by atoms with Crippen molar-refractivity contribution in [3.05, 3.63) is 29.8 Å². The quantitative estimate of drug-likeness (QED) is 0.802. The van der Waals surface area contributed by atoms with Gasteiger partial charge in [0.1, 0.15) is 11.4 Å². The molecule has 21 heavy (non-hydrogen) atoms. The molecule has 5 nitrogen and oxygen atoms in total. The van der Waals surface area contributed by atoms with Gasteiger partial charge in [-0.3, -0.25) is 9.78 Å². The Morgan fingerprint density at radius 3 is 2.52 bits per heavy atom. The van der Waals surface area contributed by atoms with E-state index < -0.39 is 23.2 Å². The van der Waals surface area contributed by atoms with Crippen molar-refractivity contribution in [3.63, 3.8) is 0 Å². The Morgan fingerprint density at radius 2 is 1.95 bits per heavy atom. The Hall–Kier alpha value is -1.98. The standard InChI is InChI=1S/C15H19FN2O3/c1-18(13(19)11-8-12(16)10-17-9-11)15(14(20)21-2)6-4-3-5-7-15/h8-10H,3-7H2,1-2H3. The first-order valence-electron chi connectivity index (χ1n) is 6.98. The number of ether oxygens (including phenoxy) is 1. The molecule has 1 heterocycles. The number of methoxy groups -OCH3 is 1. The number of hydrogen-bond acceptors (Lipinski definition) is 4. The van der Waals surface area contributed by atoms with Gasteiger partial charge in [-0.25, -0.2) is 9.18 Å². The molecule has 0 bridgehead atoms. The molecular weight excluding hydrogens is 275 g/mol. The molecule has 114 valence electrons. The van der Waals surface area contributed by atoms with Gasteiger partial charge in [-0.15, -0.1) is 0 Å². The number of aromatic nitrogens is 1. The van der Waals surface area contributed by atoms with E-state index in [4.69, 9.17) is 4.74 Å². The van der Waals surface area contributed by atoms with Crippen LogP contribution in [0.4, 0.5) is 4.39 Å². The lowest BCUT2D eigenvalue weighted by Crippen LogP contribution is -2.56. The fourth-order valence-corrected chi connectivity index (χ4v) is 2.92. The second-order valence-electron chi connectivity index (χ2n) is 5.34. The van der Waals surface area contributed by atoms with E-state index >= 15 is 0 Å². The summed E-state index contributed by atoms with van der Waals surface area (Å²) in [5.74, 6) is -1.42. The second-order valence-corrected chi connectivity index (χ2v) is 5.34. The van der Waals surface area contributed by atoms with Crippen LogP contribution in [-0.2, 0) is 9.53 Å². The molecular formula is C15H19FN2O3. The van der Waals surface area contributed by atoms with Crippen LogP contribution in [0.1, 0.15) is 42.5 Å². The van der Waals surface area contributed by atoms with Crippen molar-refractivity contribution < 1.29 is 18.7 Å². The van der Waals surface area contributed by atoms with E-state index in [0.717, 1.165) is 31.5 Å². The number of hydrogen-bond donors (Lipinski definition) is 0. The van der Waals surface area contributed by atoms with Crippen LogP contribution in [-0.4, -0.2) is 41.5 Å². The molecule has 0 N–H and O–H groups in total. The number of amides is 1. The van der Waals surface area contributed by atoms with Gasteiger partial charge < -0.3 is 9.64 Å². The van der Waals surface area contributed by atoms with Gasteiger partial charge >= 0.3 is 5.97 Å². The van der Waals surface area contributed by atoms with Gasteiger partial charge in [0.2, 0.25) is 0 Å². The number of rotatable bonds is 3. The highest BCUT2D eigenvalue weighted by atomic mass is 19.1. The zero-order valence-electron chi connectivity index (χ0n) is 12.3. The van der Waals surface area contributed by atoms with Crippen LogP contribution in [0.15, 0.2) is 18.5 Å². The SMILES string of the molecule is COC(=O)C1(N(C)C(=O)c2cncc(F)c2)CCCCC1. The van der Waals surface area contributed by atoms with Gasteiger partial charge in [-0.05, 0) is 18.9 Å². The van der Waals surface area contributed by atoms with E-state index in [1.165, 1.54) is 18.2 Å². The average molecular weight is 294 g/mol. The third kappa shape index (κ3) is 2.89. The van der Waals surface area contributed by atoms with Gasteiger partial charge in [-0.2, -0.15) is 0 Å². The summed E-state index contributed by atoms with van der Waals surface area (Å²) < 4.78 is 18.1. The van der Waals surface area contributed by atoms with Gasteiger partial charge in [-0.1, -0.05) is 19.3 Å². The highest BCUT2D eigenvalue weighted by Gasteiger charge is 2.46. The van der Waals surface area contributed by atoms with E-state index in [-0.39, 0.29) is 5.56 Å². The maximum absolute atomic E-state index is 13.2. The summed E-state index contributed by atoms with van der Waals surface area (Å²) in [7, 11) is 2.89. The summed E-state index contributed by atoms with van der Waals surface area (Å²) >= 11 is 0. The summed E-state index contributed by atoms with van der Waals surface area (Å²) in [6.45, 7) is 0. The third-order valence-electron chi connectivity index (χ3n) is 4.14. The first-order valence-corrected chi connectivity index (χ1v) is 6.98. The maximum atomic E-state index is 13.2. The Labute approximate surface area is 123 Å². The zero-order chi connectivity index (χ0) is 15.5. The van der Waals surface area contributed by atoms with Crippen LogP contribution in [0, 0.1) is 5.82 Å². The molecule has 0 spiro atoms. The van der Waals surface area contributed by atoms with E-state index in [1.54, 1.807) is 7.05 Å². The van der Waals surface area contributed by atoms with Crippen molar-refractivity contribution in [3.8, 4) is 0 Å². The van der Waals surface area contributed by atoms with Gasteiger partial charge in [0, 0.05) is 13.2 Å². The van der Waals surface area contributed by atoms with E-state index in [0.29, 0.717) is 12.8 Å². The number of esters is 1. The minimum atomic E-state index is -0.962. The number of carbonyl (C=O) groups is 2. The Bertz CT molecular complexity index is 541. The minimum Gasteiger partial charge on any atom is -0.467 e. The van der Waals surface area contributed by atoms with Gasteiger partial charge in [0.05, 0.1) is 18.9 Å². The topological polar surface area (TPSA) is 59.5 Å². The van der Waals surface area contributed by atoms with Crippen molar-refractivity contribution in [2.24, 2.45) is 0 Å². The van der Waals surface area contributed by atoms with Crippen LogP contribution >= 0.6 is 0 Å². The van der Waals surface area contributed by atoms with Crippen molar-refractivity contribution in [1.82, 2.24) is 9.88 Å². The lowest BCUT2D eigenvalue weighted by molar-refractivity contribution is -0.155. The number of pyridine rings is 1. The monoisotopic (exact) mass is 294 g/mol. The van der Waals surface area contributed by atoms with Crippen molar-refractivity contribution in [2.75, 3.05) is 14.2 Å². The summed E-state index contributed by atoms with van der Waals surface area (Å²) in [6, 6.07) is 1.12. The van der Waals surface area contributed by atoms with Crippen LogP contribution in [0.25, 0.3) is 0 Å². The Balaban J connectivity index is 2.31. The van der Waals surface area contributed by atoms with Crippen LogP contribution in [0.2, 0.25) is 0 Å². The number of nitrogens with zero attached hydrogens (tertiary/aromatic N) is 2. The second kappa shape index (κ2) is 6.20. The Kier molecular flexibility index (Phi) is 4.55. The van der Waals surface area contributed by atoms with Crippen molar-refractivity contribution >= 4 is 11.9 Å². The highest BCUT2D eigenvalue weighted by molar-refractivity contribution is 5.97. The number of carbonyl (C=O) groups excluding carboxylic acids is 2. The molecule has 1 aromatic heterocycles. The summed E-state index contributed by atoms with van der Waals surface area (Å²) in [6.07, 6.45) is 6.20. The smallest absolute Gasteiger partial charge is 0.331 e. The molecule has 1 aliphatic rings.